The van der Waals surface area contributed by atoms with Crippen molar-refractivity contribution in [3.8, 4) is 22.6 Å². The lowest BCUT2D eigenvalue weighted by atomic mass is 9.99. The second-order valence-corrected chi connectivity index (χ2v) is 6.51. The molecule has 4 heteroatoms. The van der Waals surface area contributed by atoms with Crippen molar-refractivity contribution in [2.24, 2.45) is 0 Å². The molecule has 0 spiro atoms. The Balaban J connectivity index is 1.67. The van der Waals surface area contributed by atoms with Gasteiger partial charge in [-0.15, -0.1) is 0 Å². The highest BCUT2D eigenvalue weighted by molar-refractivity contribution is 5.96. The van der Waals surface area contributed by atoms with E-state index in [2.05, 4.69) is 24.3 Å². The molecule has 144 valence electrons. The number of hydrogen-bond acceptors (Lipinski definition) is 3. The molecule has 3 rings (SSSR count). The molecule has 0 amide bonds. The summed E-state index contributed by atoms with van der Waals surface area (Å²) in [6, 6.07) is 22.9. The Kier molecular flexibility index (Phi) is 6.68. The zero-order valence-electron chi connectivity index (χ0n) is 15.9. The van der Waals surface area contributed by atoms with Crippen LogP contribution in [0, 0.1) is 0 Å². The number of hydrogen-bond donors (Lipinski definition) is 1. The van der Waals surface area contributed by atoms with Gasteiger partial charge in [0.15, 0.2) is 11.5 Å². The molecule has 0 heterocycles. The van der Waals surface area contributed by atoms with Crippen LogP contribution in [0.25, 0.3) is 11.1 Å². The van der Waals surface area contributed by atoms with Crippen molar-refractivity contribution in [1.29, 1.82) is 0 Å². The van der Waals surface area contributed by atoms with Crippen LogP contribution >= 0.6 is 0 Å². The largest absolute Gasteiger partial charge is 0.493 e. The van der Waals surface area contributed by atoms with Crippen molar-refractivity contribution in [1.82, 2.24) is 0 Å². The Morgan fingerprint density at radius 3 is 2.39 bits per heavy atom. The van der Waals surface area contributed by atoms with Crippen LogP contribution in [-0.2, 0) is 6.42 Å². The molecule has 0 bridgehead atoms. The summed E-state index contributed by atoms with van der Waals surface area (Å²) in [4.78, 5) is 11.5. The molecule has 0 aliphatic heterocycles. The Morgan fingerprint density at radius 1 is 0.893 bits per heavy atom. The summed E-state index contributed by atoms with van der Waals surface area (Å²) >= 11 is 0. The third-order valence-electron chi connectivity index (χ3n) is 4.59. The van der Waals surface area contributed by atoms with Gasteiger partial charge in [0.1, 0.15) is 0 Å². The van der Waals surface area contributed by atoms with Gasteiger partial charge < -0.3 is 14.6 Å². The minimum Gasteiger partial charge on any atom is -0.493 e. The molecule has 0 aromatic heterocycles. The van der Waals surface area contributed by atoms with Crippen molar-refractivity contribution in [2.75, 3.05) is 13.7 Å². The SMILES string of the molecule is COc1ccc(-c2ccccc2C(=O)O)cc1OCCCCc1ccccc1. The predicted molar refractivity (Wildman–Crippen MR) is 110 cm³/mol. The number of ether oxygens (including phenoxy) is 2. The van der Waals surface area contributed by atoms with E-state index in [0.29, 0.717) is 23.7 Å². The van der Waals surface area contributed by atoms with Gasteiger partial charge in [0, 0.05) is 0 Å². The van der Waals surface area contributed by atoms with E-state index in [-0.39, 0.29) is 5.56 Å². The third-order valence-corrected chi connectivity index (χ3v) is 4.59. The van der Waals surface area contributed by atoms with Gasteiger partial charge in [-0.05, 0) is 54.2 Å². The first-order chi connectivity index (χ1) is 13.7. The van der Waals surface area contributed by atoms with Crippen molar-refractivity contribution < 1.29 is 19.4 Å². The Bertz CT molecular complexity index is 919. The van der Waals surface area contributed by atoms with Gasteiger partial charge in [-0.3, -0.25) is 0 Å². The van der Waals surface area contributed by atoms with Crippen LogP contribution < -0.4 is 9.47 Å². The molecule has 1 N–H and O–H groups in total. The summed E-state index contributed by atoms with van der Waals surface area (Å²) in [6.45, 7) is 0.577. The lowest BCUT2D eigenvalue weighted by molar-refractivity contribution is 0.0697. The zero-order chi connectivity index (χ0) is 19.8. The highest BCUT2D eigenvalue weighted by Crippen LogP contribution is 2.34. The second-order valence-electron chi connectivity index (χ2n) is 6.51. The van der Waals surface area contributed by atoms with Gasteiger partial charge in [-0.25, -0.2) is 4.79 Å². The van der Waals surface area contributed by atoms with E-state index in [1.165, 1.54) is 5.56 Å². The molecule has 0 atom stereocenters. The lowest BCUT2D eigenvalue weighted by Crippen LogP contribution is -2.02. The van der Waals surface area contributed by atoms with E-state index in [1.807, 2.05) is 30.3 Å². The summed E-state index contributed by atoms with van der Waals surface area (Å²) in [7, 11) is 1.60. The molecule has 0 saturated heterocycles. The quantitative estimate of drug-likeness (QED) is 0.504. The smallest absolute Gasteiger partial charge is 0.336 e. The molecule has 0 aliphatic carbocycles. The lowest BCUT2D eigenvalue weighted by Gasteiger charge is -2.13. The van der Waals surface area contributed by atoms with Gasteiger partial charge in [-0.1, -0.05) is 54.6 Å². The van der Waals surface area contributed by atoms with Crippen molar-refractivity contribution in [2.45, 2.75) is 19.3 Å². The van der Waals surface area contributed by atoms with E-state index in [1.54, 1.807) is 25.3 Å². The monoisotopic (exact) mass is 376 g/mol. The van der Waals surface area contributed by atoms with Crippen LogP contribution in [0.2, 0.25) is 0 Å². The highest BCUT2D eigenvalue weighted by atomic mass is 16.5. The minimum atomic E-state index is -0.949. The fourth-order valence-electron chi connectivity index (χ4n) is 3.14. The van der Waals surface area contributed by atoms with E-state index in [9.17, 15) is 9.90 Å². The molecule has 0 radical (unpaired) electrons. The molecule has 0 aliphatic rings. The maximum atomic E-state index is 11.5. The van der Waals surface area contributed by atoms with Crippen molar-refractivity contribution in [3.05, 3.63) is 83.9 Å². The fourth-order valence-corrected chi connectivity index (χ4v) is 3.14. The van der Waals surface area contributed by atoms with Gasteiger partial charge in [-0.2, -0.15) is 0 Å². The predicted octanol–water partition coefficient (Wildman–Crippen LogP) is 5.46. The van der Waals surface area contributed by atoms with Crippen LogP contribution in [0.5, 0.6) is 11.5 Å². The average Bonchev–Trinajstić information content (AvgIpc) is 2.74. The summed E-state index contributed by atoms with van der Waals surface area (Å²) in [5.41, 5.74) is 3.04. The molecular weight excluding hydrogens is 352 g/mol. The number of carboxylic acids is 1. The summed E-state index contributed by atoms with van der Waals surface area (Å²) in [5.74, 6) is 0.314. The second kappa shape index (κ2) is 9.60. The standard InChI is InChI=1S/C24H24O4/c1-27-22-15-14-19(20-12-5-6-13-21(20)24(25)26)17-23(22)28-16-8-7-11-18-9-3-2-4-10-18/h2-6,9-10,12-15,17H,7-8,11,16H2,1H3,(H,25,26). The molecular formula is C24H24O4. The van der Waals surface area contributed by atoms with Crippen molar-refractivity contribution >= 4 is 5.97 Å². The first-order valence-electron chi connectivity index (χ1n) is 9.36. The number of unbranched alkanes of at least 4 members (excludes halogenated alkanes) is 1. The van der Waals surface area contributed by atoms with Crippen LogP contribution in [0.3, 0.4) is 0 Å². The molecule has 0 unspecified atom stereocenters. The Morgan fingerprint density at radius 2 is 1.64 bits per heavy atom. The molecule has 28 heavy (non-hydrogen) atoms. The number of methoxy groups -OCH3 is 1. The van der Waals surface area contributed by atoms with Crippen molar-refractivity contribution in [3.63, 3.8) is 0 Å². The number of benzene rings is 3. The zero-order valence-corrected chi connectivity index (χ0v) is 15.9. The topological polar surface area (TPSA) is 55.8 Å². The van der Waals surface area contributed by atoms with Gasteiger partial charge in [0.2, 0.25) is 0 Å². The number of carboxylic acid groups (broad SMARTS) is 1. The maximum Gasteiger partial charge on any atom is 0.336 e. The number of aryl methyl sites for hydroxylation is 1. The van der Waals surface area contributed by atoms with Gasteiger partial charge in [0.25, 0.3) is 0 Å². The summed E-state index contributed by atoms with van der Waals surface area (Å²) < 4.78 is 11.4. The van der Waals surface area contributed by atoms with Crippen LogP contribution in [0.15, 0.2) is 72.8 Å². The van der Waals surface area contributed by atoms with E-state index >= 15 is 0 Å². The highest BCUT2D eigenvalue weighted by Gasteiger charge is 2.13. The van der Waals surface area contributed by atoms with E-state index < -0.39 is 5.97 Å². The van der Waals surface area contributed by atoms with Crippen LogP contribution in [0.4, 0.5) is 0 Å². The molecule has 4 nitrogen and oxygen atoms in total. The van der Waals surface area contributed by atoms with E-state index in [0.717, 1.165) is 24.8 Å². The van der Waals surface area contributed by atoms with Crippen LogP contribution in [-0.4, -0.2) is 24.8 Å². The van der Waals surface area contributed by atoms with Gasteiger partial charge >= 0.3 is 5.97 Å². The minimum absolute atomic E-state index is 0.265. The Labute approximate surface area is 165 Å². The van der Waals surface area contributed by atoms with E-state index in [4.69, 9.17) is 9.47 Å². The Hall–Kier alpha value is -3.27. The number of rotatable bonds is 9. The number of aromatic carboxylic acids is 1. The number of carbonyl (C=O) groups is 1. The third kappa shape index (κ3) is 4.92. The maximum absolute atomic E-state index is 11.5. The molecule has 3 aromatic rings. The molecule has 0 fully saturated rings. The average molecular weight is 376 g/mol. The molecule has 0 saturated carbocycles. The normalized spacial score (nSPS) is 10.5. The van der Waals surface area contributed by atoms with Crippen LogP contribution in [0.1, 0.15) is 28.8 Å². The first kappa shape index (κ1) is 19.5. The first-order valence-corrected chi connectivity index (χ1v) is 9.36. The molecule has 3 aromatic carbocycles. The van der Waals surface area contributed by atoms with Gasteiger partial charge in [0.05, 0.1) is 19.3 Å². The summed E-state index contributed by atoms with van der Waals surface area (Å²) in [6.07, 6.45) is 2.98. The fraction of sp³-hybridized carbons (Fsp3) is 0.208. The summed E-state index contributed by atoms with van der Waals surface area (Å²) in [5, 5.41) is 9.44.